The number of aromatic nitrogens is 1. The van der Waals surface area contributed by atoms with Gasteiger partial charge < -0.3 is 15.1 Å². The van der Waals surface area contributed by atoms with Crippen molar-refractivity contribution < 1.29 is 14.0 Å². The molecule has 0 radical (unpaired) electrons. The van der Waals surface area contributed by atoms with Gasteiger partial charge in [0.15, 0.2) is 10.9 Å². The lowest BCUT2D eigenvalue weighted by Crippen LogP contribution is -2.47. The minimum Gasteiger partial charge on any atom is -0.459 e. The Morgan fingerprint density at radius 1 is 1.38 bits per heavy atom. The first-order valence-electron chi connectivity index (χ1n) is 6.55. The van der Waals surface area contributed by atoms with Crippen molar-refractivity contribution in [3.8, 4) is 0 Å². The van der Waals surface area contributed by atoms with Gasteiger partial charge in [0.2, 0.25) is 5.91 Å². The van der Waals surface area contributed by atoms with E-state index in [-0.39, 0.29) is 17.6 Å². The first kappa shape index (κ1) is 15.2. The number of amides is 2. The van der Waals surface area contributed by atoms with Crippen molar-refractivity contribution in [3.63, 3.8) is 0 Å². The molecule has 1 atom stereocenters. The number of hydrogen-bond acceptors (Lipinski definition) is 5. The number of anilines is 1. The van der Waals surface area contributed by atoms with Crippen LogP contribution >= 0.6 is 11.3 Å². The molecule has 0 spiro atoms. The van der Waals surface area contributed by atoms with Gasteiger partial charge in [-0.3, -0.25) is 9.59 Å². The standard InChI is InChI=1S/C14H17N3O3S/c1-8(2)11(16-12(18)10-5-4-6-20-10)13(19)17-14-15-7-9(3)21-14/h4-8,11H,1-3H3,(H,16,18)(H,15,17,19)/t11-/m1/s1. The first-order valence-corrected chi connectivity index (χ1v) is 7.36. The summed E-state index contributed by atoms with van der Waals surface area (Å²) in [6.07, 6.45) is 3.10. The second-order valence-corrected chi connectivity index (χ2v) is 6.17. The molecule has 112 valence electrons. The van der Waals surface area contributed by atoms with Gasteiger partial charge in [0.25, 0.3) is 5.91 Å². The summed E-state index contributed by atoms with van der Waals surface area (Å²) in [6, 6.07) is 2.51. The number of nitrogens with zero attached hydrogens (tertiary/aromatic N) is 1. The Hall–Kier alpha value is -2.15. The summed E-state index contributed by atoms with van der Waals surface area (Å²) in [7, 11) is 0. The monoisotopic (exact) mass is 307 g/mol. The van der Waals surface area contributed by atoms with Crippen LogP contribution in [-0.2, 0) is 4.79 Å². The molecule has 2 amide bonds. The first-order chi connectivity index (χ1) is 9.97. The number of nitrogens with one attached hydrogen (secondary N) is 2. The van der Waals surface area contributed by atoms with Gasteiger partial charge in [0.05, 0.1) is 6.26 Å². The van der Waals surface area contributed by atoms with Crippen LogP contribution in [0.1, 0.15) is 29.3 Å². The lowest BCUT2D eigenvalue weighted by atomic mass is 10.0. The molecule has 0 aliphatic carbocycles. The van der Waals surface area contributed by atoms with Crippen LogP contribution in [0.3, 0.4) is 0 Å². The third-order valence-electron chi connectivity index (χ3n) is 2.83. The molecule has 6 nitrogen and oxygen atoms in total. The third-order valence-corrected chi connectivity index (χ3v) is 3.66. The van der Waals surface area contributed by atoms with E-state index in [1.807, 2.05) is 20.8 Å². The van der Waals surface area contributed by atoms with E-state index in [0.717, 1.165) is 4.88 Å². The molecule has 0 bridgehead atoms. The zero-order valence-corrected chi connectivity index (χ0v) is 12.9. The lowest BCUT2D eigenvalue weighted by molar-refractivity contribution is -0.118. The Kier molecular flexibility index (Phi) is 4.74. The molecule has 2 aromatic heterocycles. The minimum absolute atomic E-state index is 0.0648. The Morgan fingerprint density at radius 3 is 2.67 bits per heavy atom. The largest absolute Gasteiger partial charge is 0.459 e. The smallest absolute Gasteiger partial charge is 0.287 e. The summed E-state index contributed by atoms with van der Waals surface area (Å²) in [5, 5.41) is 5.92. The Labute approximate surface area is 126 Å². The highest BCUT2D eigenvalue weighted by molar-refractivity contribution is 7.15. The topological polar surface area (TPSA) is 84.2 Å². The summed E-state index contributed by atoms with van der Waals surface area (Å²) in [6.45, 7) is 5.63. The van der Waals surface area contributed by atoms with Gasteiger partial charge in [-0.05, 0) is 25.0 Å². The van der Waals surface area contributed by atoms with Crippen LogP contribution in [0.5, 0.6) is 0 Å². The Bertz CT molecular complexity index is 619. The molecule has 2 heterocycles. The van der Waals surface area contributed by atoms with Crippen LogP contribution in [0.2, 0.25) is 0 Å². The van der Waals surface area contributed by atoms with Crippen molar-refractivity contribution in [1.29, 1.82) is 0 Å². The molecule has 0 aliphatic rings. The van der Waals surface area contributed by atoms with E-state index in [0.29, 0.717) is 5.13 Å². The van der Waals surface area contributed by atoms with Crippen LogP contribution in [0, 0.1) is 12.8 Å². The fourth-order valence-corrected chi connectivity index (χ4v) is 2.42. The van der Waals surface area contributed by atoms with Crippen molar-refractivity contribution in [3.05, 3.63) is 35.2 Å². The van der Waals surface area contributed by atoms with E-state index in [1.165, 1.54) is 17.6 Å². The highest BCUT2D eigenvalue weighted by Gasteiger charge is 2.26. The zero-order chi connectivity index (χ0) is 15.4. The molecule has 7 heteroatoms. The molecule has 0 aliphatic heterocycles. The molecular weight excluding hydrogens is 290 g/mol. The third kappa shape index (κ3) is 3.91. The molecule has 0 saturated carbocycles. The van der Waals surface area contributed by atoms with E-state index >= 15 is 0 Å². The predicted molar refractivity (Wildman–Crippen MR) is 80.3 cm³/mol. The summed E-state index contributed by atoms with van der Waals surface area (Å²) in [5.41, 5.74) is 0. The van der Waals surface area contributed by atoms with Crippen LogP contribution in [0.15, 0.2) is 29.0 Å². The van der Waals surface area contributed by atoms with Gasteiger partial charge in [-0.2, -0.15) is 0 Å². The second-order valence-electron chi connectivity index (χ2n) is 4.94. The maximum Gasteiger partial charge on any atom is 0.287 e. The fraction of sp³-hybridized carbons (Fsp3) is 0.357. The van der Waals surface area contributed by atoms with Crippen LogP contribution in [0.25, 0.3) is 0 Å². The summed E-state index contributed by atoms with van der Waals surface area (Å²) < 4.78 is 5.02. The van der Waals surface area contributed by atoms with E-state index in [9.17, 15) is 9.59 Å². The van der Waals surface area contributed by atoms with E-state index in [4.69, 9.17) is 4.42 Å². The summed E-state index contributed by atoms with van der Waals surface area (Å²) >= 11 is 1.39. The normalized spacial score (nSPS) is 12.2. The van der Waals surface area contributed by atoms with Gasteiger partial charge in [-0.1, -0.05) is 13.8 Å². The number of thiazole rings is 1. The van der Waals surface area contributed by atoms with Crippen LogP contribution in [-0.4, -0.2) is 22.8 Å². The van der Waals surface area contributed by atoms with E-state index in [2.05, 4.69) is 15.6 Å². The van der Waals surface area contributed by atoms with Crippen molar-refractivity contribution >= 4 is 28.3 Å². The summed E-state index contributed by atoms with van der Waals surface area (Å²) in [4.78, 5) is 29.3. The van der Waals surface area contributed by atoms with Crippen molar-refractivity contribution in [2.24, 2.45) is 5.92 Å². The Morgan fingerprint density at radius 2 is 2.14 bits per heavy atom. The molecule has 0 fully saturated rings. The molecule has 0 saturated heterocycles. The van der Waals surface area contributed by atoms with Crippen LogP contribution < -0.4 is 10.6 Å². The van der Waals surface area contributed by atoms with Gasteiger partial charge in [0.1, 0.15) is 6.04 Å². The number of carbonyl (C=O) groups is 2. The SMILES string of the molecule is Cc1cnc(NC(=O)[C@H](NC(=O)c2ccco2)C(C)C)s1. The van der Waals surface area contributed by atoms with Crippen molar-refractivity contribution in [1.82, 2.24) is 10.3 Å². The molecule has 0 aromatic carbocycles. The number of aryl methyl sites for hydroxylation is 1. The van der Waals surface area contributed by atoms with Gasteiger partial charge in [-0.15, -0.1) is 11.3 Å². The molecule has 21 heavy (non-hydrogen) atoms. The van der Waals surface area contributed by atoms with E-state index in [1.54, 1.807) is 18.3 Å². The average Bonchev–Trinajstić information content (AvgIpc) is 3.06. The van der Waals surface area contributed by atoms with E-state index < -0.39 is 11.9 Å². The Balaban J connectivity index is 2.04. The number of furan rings is 1. The molecular formula is C14H17N3O3S. The highest BCUT2D eigenvalue weighted by Crippen LogP contribution is 2.17. The second kappa shape index (κ2) is 6.53. The quantitative estimate of drug-likeness (QED) is 0.888. The van der Waals surface area contributed by atoms with Gasteiger partial charge in [0, 0.05) is 11.1 Å². The molecule has 2 rings (SSSR count). The van der Waals surface area contributed by atoms with Crippen molar-refractivity contribution in [2.45, 2.75) is 26.8 Å². The van der Waals surface area contributed by atoms with Crippen molar-refractivity contribution in [2.75, 3.05) is 5.32 Å². The summed E-state index contributed by atoms with van der Waals surface area (Å²) in [5.74, 6) is -0.591. The van der Waals surface area contributed by atoms with Gasteiger partial charge in [-0.25, -0.2) is 4.98 Å². The number of hydrogen-bond donors (Lipinski definition) is 2. The zero-order valence-electron chi connectivity index (χ0n) is 12.0. The molecule has 0 unspecified atom stereocenters. The maximum atomic E-state index is 12.3. The van der Waals surface area contributed by atoms with Gasteiger partial charge >= 0.3 is 0 Å². The lowest BCUT2D eigenvalue weighted by Gasteiger charge is -2.20. The molecule has 2 N–H and O–H groups in total. The molecule has 2 aromatic rings. The van der Waals surface area contributed by atoms with Crippen LogP contribution in [0.4, 0.5) is 5.13 Å². The number of carbonyl (C=O) groups excluding carboxylic acids is 2. The maximum absolute atomic E-state index is 12.3. The number of rotatable bonds is 5. The predicted octanol–water partition coefficient (Wildman–Crippen LogP) is 2.44. The average molecular weight is 307 g/mol. The highest BCUT2D eigenvalue weighted by atomic mass is 32.1. The fourth-order valence-electron chi connectivity index (χ4n) is 1.75. The minimum atomic E-state index is -0.660.